The predicted molar refractivity (Wildman–Crippen MR) is 99.5 cm³/mol. The fourth-order valence-corrected chi connectivity index (χ4v) is 3.02. The quantitative estimate of drug-likeness (QED) is 0.635. The number of hydrogen-bond acceptors (Lipinski definition) is 8. The zero-order valence-corrected chi connectivity index (χ0v) is 16.2. The van der Waals surface area contributed by atoms with E-state index in [0.29, 0.717) is 29.5 Å². The van der Waals surface area contributed by atoms with E-state index in [-0.39, 0.29) is 24.7 Å². The number of hydrogen-bond donors (Lipinski definition) is 1. The van der Waals surface area contributed by atoms with Gasteiger partial charge in [-0.05, 0) is 18.2 Å². The maximum absolute atomic E-state index is 14.7. The Labute approximate surface area is 169 Å². The Bertz CT molecular complexity index is 1100. The van der Waals surface area contributed by atoms with E-state index in [2.05, 4.69) is 25.8 Å². The molecule has 1 aliphatic rings. The molecule has 3 heterocycles. The van der Waals surface area contributed by atoms with E-state index >= 15 is 0 Å². The topological polar surface area (TPSA) is 128 Å². The highest BCUT2D eigenvalue weighted by atomic mass is 19.1. The summed E-state index contributed by atoms with van der Waals surface area (Å²) in [5.74, 6) is 0.0922. The van der Waals surface area contributed by atoms with Crippen LogP contribution in [0.2, 0.25) is 0 Å². The lowest BCUT2D eigenvalue weighted by molar-refractivity contribution is -0.119. The second-order valence-corrected chi connectivity index (χ2v) is 6.75. The summed E-state index contributed by atoms with van der Waals surface area (Å²) in [6, 6.07) is 4.31. The van der Waals surface area contributed by atoms with Gasteiger partial charge in [0, 0.05) is 13.8 Å². The molecular formula is C18H18FN7O4. The largest absolute Gasteiger partial charge is 0.442 e. The van der Waals surface area contributed by atoms with Crippen LogP contribution in [0.3, 0.4) is 0 Å². The van der Waals surface area contributed by atoms with Crippen molar-refractivity contribution in [2.45, 2.75) is 26.4 Å². The number of aromatic nitrogens is 5. The average molecular weight is 415 g/mol. The smallest absolute Gasteiger partial charge is 0.414 e. The van der Waals surface area contributed by atoms with Crippen LogP contribution < -0.4 is 10.2 Å². The molecule has 11 nitrogen and oxygen atoms in total. The third-order valence-electron chi connectivity index (χ3n) is 4.39. The van der Waals surface area contributed by atoms with Crippen LogP contribution in [0.1, 0.15) is 24.3 Å². The van der Waals surface area contributed by atoms with E-state index in [1.54, 1.807) is 19.2 Å². The molecule has 0 spiro atoms. The highest BCUT2D eigenvalue weighted by Gasteiger charge is 2.32. The molecule has 0 radical (unpaired) electrons. The van der Waals surface area contributed by atoms with Crippen molar-refractivity contribution < 1.29 is 23.2 Å². The van der Waals surface area contributed by atoms with Crippen molar-refractivity contribution in [1.82, 2.24) is 30.5 Å². The number of halogens is 1. The van der Waals surface area contributed by atoms with Gasteiger partial charge < -0.3 is 14.6 Å². The number of cyclic esters (lactones) is 1. The summed E-state index contributed by atoms with van der Waals surface area (Å²) in [7, 11) is 0. The molecule has 1 aromatic carbocycles. The molecule has 0 saturated carbocycles. The van der Waals surface area contributed by atoms with Gasteiger partial charge in [-0.25, -0.2) is 13.9 Å². The van der Waals surface area contributed by atoms with Crippen LogP contribution in [0, 0.1) is 12.7 Å². The number of nitrogens with zero attached hydrogens (tertiary/aromatic N) is 6. The minimum atomic E-state index is -0.601. The van der Waals surface area contributed by atoms with Gasteiger partial charge in [0.1, 0.15) is 11.8 Å². The Morgan fingerprint density at radius 2 is 2.23 bits per heavy atom. The molecule has 1 fully saturated rings. The van der Waals surface area contributed by atoms with Crippen molar-refractivity contribution in [2.24, 2.45) is 0 Å². The summed E-state index contributed by atoms with van der Waals surface area (Å²) < 4.78 is 26.1. The highest BCUT2D eigenvalue weighted by Crippen LogP contribution is 2.25. The van der Waals surface area contributed by atoms with Gasteiger partial charge in [0.05, 0.1) is 37.1 Å². The van der Waals surface area contributed by atoms with E-state index in [1.165, 1.54) is 28.6 Å². The Hall–Kier alpha value is -3.83. The number of carbonyl (C=O) groups is 2. The van der Waals surface area contributed by atoms with Crippen LogP contribution in [-0.2, 0) is 16.0 Å². The molecular weight excluding hydrogens is 397 g/mol. The van der Waals surface area contributed by atoms with Gasteiger partial charge in [0.2, 0.25) is 11.8 Å². The maximum Gasteiger partial charge on any atom is 0.414 e. The molecule has 1 unspecified atom stereocenters. The predicted octanol–water partition coefficient (Wildman–Crippen LogP) is 1.15. The summed E-state index contributed by atoms with van der Waals surface area (Å²) in [5, 5.41) is 14.3. The monoisotopic (exact) mass is 415 g/mol. The molecule has 0 aliphatic carbocycles. The fourth-order valence-electron chi connectivity index (χ4n) is 3.02. The van der Waals surface area contributed by atoms with E-state index in [1.807, 2.05) is 0 Å². The van der Waals surface area contributed by atoms with Gasteiger partial charge >= 0.3 is 6.09 Å². The van der Waals surface area contributed by atoms with Gasteiger partial charge in [-0.15, -0.1) is 5.10 Å². The number of carbonyl (C=O) groups excluding carboxylic acids is 2. The zero-order chi connectivity index (χ0) is 21.3. The molecule has 156 valence electrons. The first-order valence-corrected chi connectivity index (χ1v) is 9.12. The summed E-state index contributed by atoms with van der Waals surface area (Å²) in [6.45, 7) is 3.46. The molecule has 0 bridgehead atoms. The van der Waals surface area contributed by atoms with Gasteiger partial charge in [-0.1, -0.05) is 10.4 Å². The van der Waals surface area contributed by atoms with Crippen molar-refractivity contribution in [3.63, 3.8) is 0 Å². The normalized spacial score (nSPS) is 16.0. The SMILES string of the molecule is CC(=O)NCC1CN(c2ccc(-n3cc(Cc4noc(C)n4)nn3)c(F)c2)C(=O)O1. The lowest BCUT2D eigenvalue weighted by Gasteiger charge is -2.14. The molecule has 4 rings (SSSR count). The number of aryl methyl sites for hydroxylation is 1. The number of anilines is 1. The minimum absolute atomic E-state index is 0.171. The maximum atomic E-state index is 14.7. The summed E-state index contributed by atoms with van der Waals surface area (Å²) in [6.07, 6.45) is 0.760. The first-order valence-electron chi connectivity index (χ1n) is 9.12. The first-order chi connectivity index (χ1) is 14.4. The van der Waals surface area contributed by atoms with Gasteiger partial charge in [0.15, 0.2) is 11.6 Å². The minimum Gasteiger partial charge on any atom is -0.442 e. The number of benzene rings is 1. The summed E-state index contributed by atoms with van der Waals surface area (Å²) >= 11 is 0. The highest BCUT2D eigenvalue weighted by molar-refractivity contribution is 5.90. The van der Waals surface area contributed by atoms with Gasteiger partial charge in [0.25, 0.3) is 0 Å². The number of ether oxygens (including phenoxy) is 1. The van der Waals surface area contributed by atoms with Crippen molar-refractivity contribution in [3.05, 3.63) is 47.6 Å². The van der Waals surface area contributed by atoms with E-state index in [9.17, 15) is 14.0 Å². The molecule has 12 heteroatoms. The van der Waals surface area contributed by atoms with Crippen molar-refractivity contribution >= 4 is 17.7 Å². The first kappa shape index (κ1) is 19.5. The van der Waals surface area contributed by atoms with Crippen LogP contribution in [0.4, 0.5) is 14.9 Å². The lowest BCUT2D eigenvalue weighted by Crippen LogP contribution is -2.33. The van der Waals surface area contributed by atoms with Crippen LogP contribution in [0.5, 0.6) is 0 Å². The molecule has 2 aromatic heterocycles. The molecule has 1 aliphatic heterocycles. The van der Waals surface area contributed by atoms with Crippen molar-refractivity contribution in [3.8, 4) is 5.69 Å². The second kappa shape index (κ2) is 7.89. The average Bonchev–Trinajstić information content (AvgIpc) is 3.41. The third-order valence-corrected chi connectivity index (χ3v) is 4.39. The molecule has 3 aromatic rings. The molecule has 1 atom stereocenters. The van der Waals surface area contributed by atoms with E-state index in [0.717, 1.165) is 0 Å². The van der Waals surface area contributed by atoms with E-state index in [4.69, 9.17) is 9.26 Å². The van der Waals surface area contributed by atoms with Gasteiger partial charge in [-0.2, -0.15) is 4.98 Å². The van der Waals surface area contributed by atoms with E-state index < -0.39 is 18.0 Å². The molecule has 2 amide bonds. The summed E-state index contributed by atoms with van der Waals surface area (Å²) in [5.41, 5.74) is 1.06. The van der Waals surface area contributed by atoms with Crippen LogP contribution >= 0.6 is 0 Å². The number of nitrogens with one attached hydrogen (secondary N) is 1. The Balaban J connectivity index is 1.47. The Morgan fingerprint density at radius 3 is 2.93 bits per heavy atom. The molecule has 1 saturated heterocycles. The van der Waals surface area contributed by atoms with Crippen molar-refractivity contribution in [1.29, 1.82) is 0 Å². The standard InChI is InChI=1S/C18H18FN7O4/c1-10(27)20-7-14-9-25(18(28)29-14)13-3-4-16(15(19)6-13)26-8-12(22-24-26)5-17-21-11(2)30-23-17/h3-4,6,8,14H,5,7,9H2,1-2H3,(H,20,27). The summed E-state index contributed by atoms with van der Waals surface area (Å²) in [4.78, 5) is 28.5. The Kier molecular flexibility index (Phi) is 5.12. The molecule has 30 heavy (non-hydrogen) atoms. The molecule has 1 N–H and O–H groups in total. The van der Waals surface area contributed by atoms with Crippen molar-refractivity contribution in [2.75, 3.05) is 18.0 Å². The van der Waals surface area contributed by atoms with Crippen LogP contribution in [0.15, 0.2) is 28.9 Å². The van der Waals surface area contributed by atoms with Gasteiger partial charge in [-0.3, -0.25) is 9.69 Å². The number of amides is 2. The third kappa shape index (κ3) is 4.11. The Morgan fingerprint density at radius 1 is 1.40 bits per heavy atom. The number of rotatable bonds is 6. The zero-order valence-electron chi connectivity index (χ0n) is 16.2. The van der Waals surface area contributed by atoms with Crippen LogP contribution in [-0.4, -0.2) is 56.3 Å². The lowest BCUT2D eigenvalue weighted by atomic mass is 10.2. The van der Waals surface area contributed by atoms with Crippen LogP contribution in [0.25, 0.3) is 5.69 Å². The fraction of sp³-hybridized carbons (Fsp3) is 0.333. The second-order valence-electron chi connectivity index (χ2n) is 6.75.